The summed E-state index contributed by atoms with van der Waals surface area (Å²) in [7, 11) is 4.11. The summed E-state index contributed by atoms with van der Waals surface area (Å²) in [5.74, 6) is 0.307. The number of anilines is 1. The van der Waals surface area contributed by atoms with E-state index in [9.17, 15) is 4.79 Å². The third-order valence-electron chi connectivity index (χ3n) is 3.22. The number of rotatable bonds is 1. The first-order valence-electron chi connectivity index (χ1n) is 5.36. The first-order valence-corrected chi connectivity index (χ1v) is 5.36. The first-order chi connectivity index (χ1) is 7.02. The topological polar surface area (TPSA) is 20.3 Å². The maximum Gasteiger partial charge on any atom is 0.163 e. The second kappa shape index (κ2) is 3.37. The molecule has 2 rings (SSSR count). The van der Waals surface area contributed by atoms with Crippen LogP contribution in [0.25, 0.3) is 0 Å². The van der Waals surface area contributed by atoms with E-state index in [4.69, 9.17) is 0 Å². The molecule has 0 radical (unpaired) electrons. The molecule has 0 spiro atoms. The Bertz CT molecular complexity index is 433. The number of carbonyl (C=O) groups excluding carboxylic acids is 1. The molecule has 1 aromatic carbocycles. The summed E-state index contributed by atoms with van der Waals surface area (Å²) >= 11 is 0. The number of aryl methyl sites for hydroxylation is 1. The minimum absolute atomic E-state index is 0.307. The number of fused-ring (bicyclic) bond motifs is 1. The summed E-state index contributed by atoms with van der Waals surface area (Å²) in [6.07, 6.45) is 1.60. The highest BCUT2D eigenvalue weighted by atomic mass is 16.1. The quantitative estimate of drug-likeness (QED) is 0.699. The summed E-state index contributed by atoms with van der Waals surface area (Å²) in [6, 6.07) is 2.05. The minimum atomic E-state index is 0.307. The van der Waals surface area contributed by atoms with Gasteiger partial charge >= 0.3 is 0 Å². The summed E-state index contributed by atoms with van der Waals surface area (Å²) < 4.78 is 0. The largest absolute Gasteiger partial charge is 0.377 e. The van der Waals surface area contributed by atoms with Gasteiger partial charge in [-0.2, -0.15) is 0 Å². The van der Waals surface area contributed by atoms with Gasteiger partial charge in [-0.1, -0.05) is 0 Å². The van der Waals surface area contributed by atoms with Crippen molar-refractivity contribution in [3.05, 3.63) is 28.3 Å². The van der Waals surface area contributed by atoms with Crippen molar-refractivity contribution >= 4 is 11.5 Å². The average molecular weight is 203 g/mol. The fraction of sp³-hybridized carbons (Fsp3) is 0.462. The Morgan fingerprint density at radius 2 is 1.87 bits per heavy atom. The predicted molar refractivity (Wildman–Crippen MR) is 62.9 cm³/mol. The number of hydrogen-bond donors (Lipinski definition) is 0. The maximum atomic E-state index is 11.6. The van der Waals surface area contributed by atoms with Gasteiger partial charge in [0.15, 0.2) is 5.78 Å². The van der Waals surface area contributed by atoms with Gasteiger partial charge in [0.2, 0.25) is 0 Å². The van der Waals surface area contributed by atoms with Crippen LogP contribution in [0.5, 0.6) is 0 Å². The molecule has 0 bridgehead atoms. The van der Waals surface area contributed by atoms with Gasteiger partial charge < -0.3 is 4.90 Å². The summed E-state index contributed by atoms with van der Waals surface area (Å²) in [6.45, 7) is 4.20. The van der Waals surface area contributed by atoms with Gasteiger partial charge in [0.05, 0.1) is 0 Å². The molecule has 2 nitrogen and oxygen atoms in total. The first kappa shape index (κ1) is 10.2. The Kier molecular flexibility index (Phi) is 2.29. The molecule has 1 aromatic rings. The summed E-state index contributed by atoms with van der Waals surface area (Å²) in [5.41, 5.74) is 5.96. The van der Waals surface area contributed by atoms with Gasteiger partial charge in [0, 0.05) is 31.8 Å². The van der Waals surface area contributed by atoms with Gasteiger partial charge in [0.25, 0.3) is 0 Å². The molecule has 0 unspecified atom stereocenters. The van der Waals surface area contributed by atoms with E-state index in [-0.39, 0.29) is 0 Å². The highest BCUT2D eigenvalue weighted by Crippen LogP contribution is 2.33. The lowest BCUT2D eigenvalue weighted by Crippen LogP contribution is -2.13. The fourth-order valence-corrected chi connectivity index (χ4v) is 2.64. The molecule has 0 aromatic heterocycles. The highest BCUT2D eigenvalue weighted by Gasteiger charge is 2.24. The third-order valence-corrected chi connectivity index (χ3v) is 3.22. The Hall–Kier alpha value is -1.31. The second-order valence-corrected chi connectivity index (χ2v) is 4.51. The molecule has 0 saturated carbocycles. The molecule has 0 heterocycles. The van der Waals surface area contributed by atoms with Gasteiger partial charge in [-0.05, 0) is 43.0 Å². The Morgan fingerprint density at radius 1 is 1.20 bits per heavy atom. The lowest BCUT2D eigenvalue weighted by atomic mass is 9.98. The van der Waals surface area contributed by atoms with E-state index >= 15 is 0 Å². The minimum Gasteiger partial charge on any atom is -0.377 e. The predicted octanol–water partition coefficient (Wildman–Crippen LogP) is 2.50. The van der Waals surface area contributed by atoms with E-state index in [2.05, 4.69) is 32.8 Å². The second-order valence-electron chi connectivity index (χ2n) is 4.51. The van der Waals surface area contributed by atoms with Crippen LogP contribution < -0.4 is 4.90 Å². The maximum absolute atomic E-state index is 11.6. The summed E-state index contributed by atoms with van der Waals surface area (Å²) in [4.78, 5) is 13.8. The smallest absolute Gasteiger partial charge is 0.163 e. The lowest BCUT2D eigenvalue weighted by molar-refractivity contribution is 0.0994. The van der Waals surface area contributed by atoms with E-state index in [1.807, 2.05) is 6.07 Å². The Labute approximate surface area is 90.9 Å². The van der Waals surface area contributed by atoms with Gasteiger partial charge in [-0.3, -0.25) is 4.79 Å². The molecule has 0 atom stereocenters. The molecule has 0 N–H and O–H groups in total. The zero-order valence-corrected chi connectivity index (χ0v) is 9.85. The molecule has 1 aliphatic carbocycles. The van der Waals surface area contributed by atoms with Crippen molar-refractivity contribution in [3.63, 3.8) is 0 Å². The Morgan fingerprint density at radius 3 is 2.47 bits per heavy atom. The molecular weight excluding hydrogens is 186 g/mol. The number of carbonyl (C=O) groups is 1. The van der Waals surface area contributed by atoms with Crippen molar-refractivity contribution in [1.82, 2.24) is 0 Å². The van der Waals surface area contributed by atoms with Crippen LogP contribution in [0, 0.1) is 13.8 Å². The molecule has 15 heavy (non-hydrogen) atoms. The van der Waals surface area contributed by atoms with Crippen molar-refractivity contribution in [1.29, 1.82) is 0 Å². The molecule has 1 aliphatic rings. The van der Waals surface area contributed by atoms with Gasteiger partial charge in [-0.15, -0.1) is 0 Å². The summed E-state index contributed by atoms with van der Waals surface area (Å²) in [5, 5.41) is 0. The van der Waals surface area contributed by atoms with Crippen LogP contribution in [0.2, 0.25) is 0 Å². The number of nitrogens with zero attached hydrogens (tertiary/aromatic N) is 1. The Balaban J connectivity index is 2.68. The van der Waals surface area contributed by atoms with Crippen molar-refractivity contribution in [2.45, 2.75) is 26.7 Å². The van der Waals surface area contributed by atoms with Crippen LogP contribution in [-0.4, -0.2) is 19.9 Å². The molecular formula is C13H17NO. The van der Waals surface area contributed by atoms with Crippen molar-refractivity contribution in [3.8, 4) is 0 Å². The number of hydrogen-bond acceptors (Lipinski definition) is 2. The molecule has 80 valence electrons. The number of Topliss-reactive ketones (excluding diaryl/α,β-unsaturated/α-hetero) is 1. The van der Waals surface area contributed by atoms with Crippen molar-refractivity contribution in [2.75, 3.05) is 19.0 Å². The molecule has 0 fully saturated rings. The van der Waals surface area contributed by atoms with Crippen LogP contribution in [0.15, 0.2) is 6.07 Å². The van der Waals surface area contributed by atoms with Crippen LogP contribution in [0.1, 0.15) is 33.5 Å². The van der Waals surface area contributed by atoms with E-state index < -0.39 is 0 Å². The zero-order chi connectivity index (χ0) is 11.2. The number of ketones is 1. The van der Waals surface area contributed by atoms with Crippen molar-refractivity contribution < 1.29 is 4.79 Å². The lowest BCUT2D eigenvalue weighted by Gasteiger charge is -2.21. The SMILES string of the molecule is Cc1cc2c(c(C)c1N(C)C)CCC2=O. The monoisotopic (exact) mass is 203 g/mol. The third kappa shape index (κ3) is 1.44. The van der Waals surface area contributed by atoms with Gasteiger partial charge in [0.1, 0.15) is 0 Å². The van der Waals surface area contributed by atoms with E-state index in [1.165, 1.54) is 22.4 Å². The zero-order valence-electron chi connectivity index (χ0n) is 9.85. The van der Waals surface area contributed by atoms with Crippen LogP contribution >= 0.6 is 0 Å². The highest BCUT2D eigenvalue weighted by molar-refractivity contribution is 6.01. The number of benzene rings is 1. The molecule has 2 heteroatoms. The normalized spacial score (nSPS) is 14.3. The average Bonchev–Trinajstić information content (AvgIpc) is 2.47. The standard InChI is InChI=1S/C13H17NO/c1-8-7-11-10(5-6-12(11)15)9(2)13(8)14(3)4/h7H,5-6H2,1-4H3. The van der Waals surface area contributed by atoms with Gasteiger partial charge in [-0.25, -0.2) is 0 Å². The molecule has 0 saturated heterocycles. The van der Waals surface area contributed by atoms with E-state index in [1.54, 1.807) is 0 Å². The molecule has 0 amide bonds. The van der Waals surface area contributed by atoms with Crippen LogP contribution in [-0.2, 0) is 6.42 Å². The van der Waals surface area contributed by atoms with Crippen LogP contribution in [0.3, 0.4) is 0 Å². The fourth-order valence-electron chi connectivity index (χ4n) is 2.64. The van der Waals surface area contributed by atoms with Crippen molar-refractivity contribution in [2.24, 2.45) is 0 Å². The molecule has 0 aliphatic heterocycles. The van der Waals surface area contributed by atoms with Crippen LogP contribution in [0.4, 0.5) is 5.69 Å². The van der Waals surface area contributed by atoms with E-state index in [0.29, 0.717) is 12.2 Å². The van der Waals surface area contributed by atoms with E-state index in [0.717, 1.165) is 12.0 Å².